The number of carbonyl (C=O) groups excluding carboxylic acids is 1. The molecule has 0 N–H and O–H groups in total. The molecule has 0 saturated heterocycles. The smallest absolute Gasteiger partial charge is 0.310 e. The quantitative estimate of drug-likeness (QED) is 0.477. The summed E-state index contributed by atoms with van der Waals surface area (Å²) in [6.07, 6.45) is 17.5. The molecule has 0 radical (unpaired) electrons. The van der Waals surface area contributed by atoms with Crippen molar-refractivity contribution in [1.82, 2.24) is 0 Å². The highest BCUT2D eigenvalue weighted by atomic mass is 31.1. The van der Waals surface area contributed by atoms with Gasteiger partial charge < -0.3 is 4.74 Å². The molecule has 0 aromatic rings. The molecule has 0 heterocycles. The summed E-state index contributed by atoms with van der Waals surface area (Å²) < 4.78 is 5.23. The number of hydrogen-bond donors (Lipinski definition) is 0. The van der Waals surface area contributed by atoms with Crippen LogP contribution in [0, 0.1) is 11.8 Å². The first-order valence-electron chi connectivity index (χ1n) is 9.16. The summed E-state index contributed by atoms with van der Waals surface area (Å²) in [5.74, 6) is 1.88. The predicted molar refractivity (Wildman–Crippen MR) is 91.3 cm³/mol. The van der Waals surface area contributed by atoms with Crippen molar-refractivity contribution < 1.29 is 9.53 Å². The van der Waals surface area contributed by atoms with Crippen molar-refractivity contribution in [3.05, 3.63) is 0 Å². The normalized spacial score (nSPS) is 21.6. The van der Waals surface area contributed by atoms with Crippen LogP contribution >= 0.6 is 7.92 Å². The molecule has 0 aromatic carbocycles. The minimum absolute atomic E-state index is 0.0650. The maximum absolute atomic E-state index is 11.9. The van der Waals surface area contributed by atoms with Crippen LogP contribution in [0.2, 0.25) is 0 Å². The lowest BCUT2D eigenvalue weighted by Crippen LogP contribution is -2.19. The molecule has 122 valence electrons. The Morgan fingerprint density at radius 2 is 1.38 bits per heavy atom. The van der Waals surface area contributed by atoms with Crippen molar-refractivity contribution in [2.24, 2.45) is 11.8 Å². The van der Waals surface area contributed by atoms with E-state index in [-0.39, 0.29) is 13.9 Å². The van der Waals surface area contributed by atoms with Gasteiger partial charge in [-0.05, 0) is 31.1 Å². The van der Waals surface area contributed by atoms with E-state index < -0.39 is 0 Å². The second-order valence-electron chi connectivity index (χ2n) is 7.01. The molecule has 0 spiro atoms. The lowest BCUT2D eigenvalue weighted by atomic mass is 9.91. The van der Waals surface area contributed by atoms with E-state index in [9.17, 15) is 4.79 Å². The predicted octanol–water partition coefficient (Wildman–Crippen LogP) is 5.19. The molecule has 0 aromatic heterocycles. The SMILES string of the molecule is CCOC(=O)CP(CC1CCCCC1)CC1CCCCC1. The summed E-state index contributed by atoms with van der Waals surface area (Å²) in [7, 11) is -0.132. The number of rotatable bonds is 7. The molecule has 2 saturated carbocycles. The van der Waals surface area contributed by atoms with Gasteiger partial charge in [0.05, 0.1) is 12.8 Å². The number of carbonyl (C=O) groups is 1. The van der Waals surface area contributed by atoms with Gasteiger partial charge in [-0.3, -0.25) is 4.79 Å². The lowest BCUT2D eigenvalue weighted by Gasteiger charge is -2.30. The van der Waals surface area contributed by atoms with Gasteiger partial charge in [0.25, 0.3) is 0 Å². The third kappa shape index (κ3) is 6.68. The van der Waals surface area contributed by atoms with E-state index in [4.69, 9.17) is 4.74 Å². The van der Waals surface area contributed by atoms with Crippen LogP contribution in [0.3, 0.4) is 0 Å². The van der Waals surface area contributed by atoms with Gasteiger partial charge >= 0.3 is 5.97 Å². The van der Waals surface area contributed by atoms with Crippen LogP contribution in [-0.2, 0) is 9.53 Å². The zero-order valence-corrected chi connectivity index (χ0v) is 14.7. The number of ether oxygens (including phenoxy) is 1. The summed E-state index contributed by atoms with van der Waals surface area (Å²) >= 11 is 0. The Bertz CT molecular complexity index is 274. The zero-order valence-electron chi connectivity index (χ0n) is 13.8. The van der Waals surface area contributed by atoms with Gasteiger partial charge in [0.15, 0.2) is 0 Å². The Labute approximate surface area is 132 Å². The van der Waals surface area contributed by atoms with Crippen LogP contribution in [0.15, 0.2) is 0 Å². The van der Waals surface area contributed by atoms with Crippen molar-refractivity contribution >= 4 is 13.9 Å². The van der Waals surface area contributed by atoms with E-state index in [1.54, 1.807) is 0 Å². The van der Waals surface area contributed by atoms with Crippen LogP contribution in [0.1, 0.15) is 71.1 Å². The van der Waals surface area contributed by atoms with E-state index in [0.717, 1.165) is 18.0 Å². The molecular formula is C18H33O2P. The van der Waals surface area contributed by atoms with Crippen LogP contribution in [0.4, 0.5) is 0 Å². The van der Waals surface area contributed by atoms with Crippen molar-refractivity contribution in [2.75, 3.05) is 25.1 Å². The van der Waals surface area contributed by atoms with Gasteiger partial charge in [0, 0.05) is 0 Å². The van der Waals surface area contributed by atoms with Gasteiger partial charge in [-0.1, -0.05) is 72.1 Å². The van der Waals surface area contributed by atoms with E-state index in [1.165, 1.54) is 76.5 Å². The molecule has 2 aliphatic carbocycles. The molecule has 2 fully saturated rings. The molecule has 3 heteroatoms. The third-order valence-electron chi connectivity index (χ3n) is 5.14. The van der Waals surface area contributed by atoms with Crippen LogP contribution in [-0.4, -0.2) is 31.1 Å². The molecule has 2 rings (SSSR count). The van der Waals surface area contributed by atoms with Crippen LogP contribution in [0.5, 0.6) is 0 Å². The largest absolute Gasteiger partial charge is 0.466 e. The Morgan fingerprint density at radius 3 is 1.81 bits per heavy atom. The molecular weight excluding hydrogens is 279 g/mol. The van der Waals surface area contributed by atoms with E-state index in [1.807, 2.05) is 6.92 Å². The van der Waals surface area contributed by atoms with Gasteiger partial charge in [-0.2, -0.15) is 0 Å². The summed E-state index contributed by atoms with van der Waals surface area (Å²) in [5.41, 5.74) is 0. The second kappa shape index (κ2) is 9.82. The first kappa shape index (κ1) is 17.3. The third-order valence-corrected chi connectivity index (χ3v) is 7.91. The molecule has 0 bridgehead atoms. The standard InChI is InChI=1S/C18H33O2P/c1-2-20-18(19)15-21(13-16-9-5-3-6-10-16)14-17-11-7-4-8-12-17/h16-17H,2-15H2,1H3. The van der Waals surface area contributed by atoms with Gasteiger partial charge in [0.2, 0.25) is 0 Å². The van der Waals surface area contributed by atoms with Crippen LogP contribution in [0.25, 0.3) is 0 Å². The average Bonchev–Trinajstić information content (AvgIpc) is 2.49. The maximum atomic E-state index is 11.9. The van der Waals surface area contributed by atoms with Crippen molar-refractivity contribution in [3.8, 4) is 0 Å². The average molecular weight is 312 g/mol. The highest BCUT2D eigenvalue weighted by Crippen LogP contribution is 2.45. The van der Waals surface area contributed by atoms with E-state index >= 15 is 0 Å². The van der Waals surface area contributed by atoms with Crippen molar-refractivity contribution in [2.45, 2.75) is 71.1 Å². The highest BCUT2D eigenvalue weighted by molar-refractivity contribution is 7.58. The molecule has 0 amide bonds. The molecule has 0 atom stereocenters. The maximum Gasteiger partial charge on any atom is 0.310 e. The fourth-order valence-corrected chi connectivity index (χ4v) is 7.12. The van der Waals surface area contributed by atoms with Crippen molar-refractivity contribution in [1.29, 1.82) is 0 Å². The molecule has 2 nitrogen and oxygen atoms in total. The summed E-state index contributed by atoms with van der Waals surface area (Å²) in [6.45, 7) is 2.46. The number of esters is 1. The van der Waals surface area contributed by atoms with E-state index in [2.05, 4.69) is 0 Å². The number of hydrogen-bond acceptors (Lipinski definition) is 2. The van der Waals surface area contributed by atoms with Gasteiger partial charge in [-0.25, -0.2) is 0 Å². The Kier molecular flexibility index (Phi) is 8.07. The first-order chi connectivity index (χ1) is 10.3. The summed E-state index contributed by atoms with van der Waals surface area (Å²) in [4.78, 5) is 11.9. The minimum atomic E-state index is -0.132. The fraction of sp³-hybridized carbons (Fsp3) is 0.944. The zero-order chi connectivity index (χ0) is 14.9. The first-order valence-corrected chi connectivity index (χ1v) is 11.1. The van der Waals surface area contributed by atoms with Gasteiger partial charge in [-0.15, -0.1) is 0 Å². The molecule has 21 heavy (non-hydrogen) atoms. The highest BCUT2D eigenvalue weighted by Gasteiger charge is 2.24. The monoisotopic (exact) mass is 312 g/mol. The van der Waals surface area contributed by atoms with Crippen molar-refractivity contribution in [3.63, 3.8) is 0 Å². The Balaban J connectivity index is 1.83. The summed E-state index contributed by atoms with van der Waals surface area (Å²) in [5, 5.41) is 0. The summed E-state index contributed by atoms with van der Waals surface area (Å²) in [6, 6.07) is 0. The lowest BCUT2D eigenvalue weighted by molar-refractivity contribution is -0.139. The Morgan fingerprint density at radius 1 is 0.905 bits per heavy atom. The molecule has 0 unspecified atom stereocenters. The minimum Gasteiger partial charge on any atom is -0.466 e. The molecule has 0 aliphatic heterocycles. The van der Waals surface area contributed by atoms with Gasteiger partial charge in [0.1, 0.15) is 0 Å². The van der Waals surface area contributed by atoms with Crippen LogP contribution < -0.4 is 0 Å². The topological polar surface area (TPSA) is 26.3 Å². The second-order valence-corrected chi connectivity index (χ2v) is 9.40. The fourth-order valence-electron chi connectivity index (χ4n) is 4.06. The molecule has 2 aliphatic rings. The Hall–Kier alpha value is -0.100. The van der Waals surface area contributed by atoms with E-state index in [0.29, 0.717) is 6.61 Å².